The molecule has 2 rings (SSSR count). The van der Waals surface area contributed by atoms with Crippen LogP contribution in [0.2, 0.25) is 0 Å². The number of aryl methyl sites for hydroxylation is 2. The van der Waals surface area contributed by atoms with Gasteiger partial charge in [0.15, 0.2) is 16.4 Å². The Morgan fingerprint density at radius 1 is 1.15 bits per heavy atom. The van der Waals surface area contributed by atoms with Gasteiger partial charge < -0.3 is 15.4 Å². The maximum absolute atomic E-state index is 12.0. The Kier molecular flexibility index (Phi) is 6.95. The van der Waals surface area contributed by atoms with E-state index >= 15 is 0 Å². The van der Waals surface area contributed by atoms with Crippen LogP contribution in [0.3, 0.4) is 0 Å². The Hall–Kier alpha value is -2.42. The topological polar surface area (TPSA) is 119 Å². The molecule has 0 aromatic heterocycles. The van der Waals surface area contributed by atoms with Crippen molar-refractivity contribution in [2.45, 2.75) is 26.7 Å². The van der Waals surface area contributed by atoms with Gasteiger partial charge in [-0.25, -0.2) is 8.42 Å². The van der Waals surface area contributed by atoms with Gasteiger partial charge in [-0.1, -0.05) is 18.2 Å². The third-order valence-corrected chi connectivity index (χ3v) is 6.17. The molecule has 148 valence electrons. The lowest BCUT2D eigenvalue weighted by Gasteiger charge is -2.12. The number of amides is 2. The van der Waals surface area contributed by atoms with E-state index in [9.17, 15) is 22.8 Å². The Labute approximate surface area is 158 Å². The fourth-order valence-corrected chi connectivity index (χ4v) is 4.76. The first-order chi connectivity index (χ1) is 12.7. The highest BCUT2D eigenvalue weighted by Gasteiger charge is 2.30. The van der Waals surface area contributed by atoms with Crippen LogP contribution in [0.1, 0.15) is 24.0 Å². The van der Waals surface area contributed by atoms with Crippen LogP contribution < -0.4 is 10.6 Å². The summed E-state index contributed by atoms with van der Waals surface area (Å²) in [5.74, 6) is -1.79. The quantitative estimate of drug-likeness (QED) is 0.656. The average molecular weight is 396 g/mol. The van der Waals surface area contributed by atoms with Gasteiger partial charge in [0.2, 0.25) is 5.91 Å². The van der Waals surface area contributed by atoms with Crippen molar-refractivity contribution in [3.63, 3.8) is 0 Å². The summed E-state index contributed by atoms with van der Waals surface area (Å²) in [4.78, 5) is 35.4. The molecule has 1 saturated heterocycles. The maximum Gasteiger partial charge on any atom is 0.306 e. The zero-order chi connectivity index (χ0) is 20.0. The van der Waals surface area contributed by atoms with E-state index in [1.54, 1.807) is 0 Å². The number of carbonyl (C=O) groups is 3. The number of carbonyl (C=O) groups excluding carboxylic acids is 3. The Morgan fingerprint density at radius 2 is 1.81 bits per heavy atom. The molecule has 1 atom stereocenters. The number of para-hydroxylation sites is 1. The second-order valence-corrected chi connectivity index (χ2v) is 8.95. The van der Waals surface area contributed by atoms with Crippen molar-refractivity contribution in [2.24, 2.45) is 5.92 Å². The number of nitrogens with one attached hydrogen (secondary N) is 2. The molecule has 1 heterocycles. The molecule has 0 bridgehead atoms. The molecule has 0 saturated carbocycles. The van der Waals surface area contributed by atoms with Gasteiger partial charge in [0, 0.05) is 12.1 Å². The Bertz CT molecular complexity index is 814. The molecule has 0 aliphatic carbocycles. The van der Waals surface area contributed by atoms with Gasteiger partial charge in [-0.3, -0.25) is 14.4 Å². The van der Waals surface area contributed by atoms with Crippen LogP contribution >= 0.6 is 0 Å². The number of rotatable bonds is 7. The van der Waals surface area contributed by atoms with E-state index in [1.165, 1.54) is 0 Å². The van der Waals surface area contributed by atoms with E-state index < -0.39 is 28.3 Å². The summed E-state index contributed by atoms with van der Waals surface area (Å²) in [5.41, 5.74) is 2.53. The molecule has 0 spiro atoms. The van der Waals surface area contributed by atoms with Crippen molar-refractivity contribution in [2.75, 3.05) is 30.0 Å². The molecule has 8 nitrogen and oxygen atoms in total. The van der Waals surface area contributed by atoms with Crippen LogP contribution in [0.4, 0.5) is 5.69 Å². The third kappa shape index (κ3) is 6.67. The molecular formula is C18H24N2O6S. The second kappa shape index (κ2) is 8.98. The molecule has 2 amide bonds. The van der Waals surface area contributed by atoms with Crippen molar-refractivity contribution in [3.05, 3.63) is 29.3 Å². The SMILES string of the molecule is Cc1cccc(C)c1NC(=O)CNC(=O)COC(=O)C[C@H]1CCS(=O)(=O)C1. The first-order valence-corrected chi connectivity index (χ1v) is 10.5. The molecule has 27 heavy (non-hydrogen) atoms. The predicted octanol–water partition coefficient (Wildman–Crippen LogP) is 0.726. The van der Waals surface area contributed by atoms with E-state index in [1.807, 2.05) is 32.0 Å². The van der Waals surface area contributed by atoms with Gasteiger partial charge in [-0.2, -0.15) is 0 Å². The average Bonchev–Trinajstić information content (AvgIpc) is 2.93. The van der Waals surface area contributed by atoms with Crippen LogP contribution in [0, 0.1) is 19.8 Å². The van der Waals surface area contributed by atoms with Crippen LogP contribution in [0.5, 0.6) is 0 Å². The smallest absolute Gasteiger partial charge is 0.306 e. The van der Waals surface area contributed by atoms with Crippen molar-refractivity contribution in [3.8, 4) is 0 Å². The largest absolute Gasteiger partial charge is 0.456 e. The minimum absolute atomic E-state index is 0.0210. The molecule has 1 aliphatic heterocycles. The highest BCUT2D eigenvalue weighted by atomic mass is 32.2. The van der Waals surface area contributed by atoms with E-state index in [2.05, 4.69) is 10.6 Å². The molecule has 1 aromatic carbocycles. The highest BCUT2D eigenvalue weighted by molar-refractivity contribution is 7.91. The second-order valence-electron chi connectivity index (χ2n) is 6.73. The van der Waals surface area contributed by atoms with Crippen LogP contribution in [-0.4, -0.2) is 50.9 Å². The molecule has 1 aromatic rings. The standard InChI is InChI=1S/C18H24N2O6S/c1-12-4-3-5-13(2)18(12)20-15(21)9-19-16(22)10-26-17(23)8-14-6-7-27(24,25)11-14/h3-5,14H,6-11H2,1-2H3,(H,19,22)(H,20,21)/t14-/m1/s1. The summed E-state index contributed by atoms with van der Waals surface area (Å²) in [7, 11) is -3.05. The lowest BCUT2D eigenvalue weighted by Crippen LogP contribution is -2.36. The molecule has 0 radical (unpaired) electrons. The van der Waals surface area contributed by atoms with E-state index in [-0.39, 0.29) is 36.3 Å². The van der Waals surface area contributed by atoms with Crippen molar-refractivity contribution in [1.82, 2.24) is 5.32 Å². The van der Waals surface area contributed by atoms with Crippen molar-refractivity contribution >= 4 is 33.3 Å². The maximum atomic E-state index is 12.0. The highest BCUT2D eigenvalue weighted by Crippen LogP contribution is 2.22. The normalized spacial score (nSPS) is 17.9. The molecular weight excluding hydrogens is 372 g/mol. The Balaban J connectivity index is 1.68. The molecule has 1 fully saturated rings. The minimum atomic E-state index is -3.05. The van der Waals surface area contributed by atoms with Crippen LogP contribution in [0.15, 0.2) is 18.2 Å². The number of anilines is 1. The fourth-order valence-electron chi connectivity index (χ4n) is 2.90. The molecule has 0 unspecified atom stereocenters. The number of hydrogen-bond donors (Lipinski definition) is 2. The number of hydrogen-bond acceptors (Lipinski definition) is 6. The summed E-state index contributed by atoms with van der Waals surface area (Å²) >= 11 is 0. The van der Waals surface area contributed by atoms with E-state index in [4.69, 9.17) is 4.74 Å². The zero-order valence-corrected chi connectivity index (χ0v) is 16.2. The van der Waals surface area contributed by atoms with E-state index in [0.717, 1.165) is 11.1 Å². The summed E-state index contributed by atoms with van der Waals surface area (Å²) < 4.78 is 27.6. The molecule has 1 aliphatic rings. The lowest BCUT2D eigenvalue weighted by atomic mass is 10.1. The summed E-state index contributed by atoms with van der Waals surface area (Å²) in [6, 6.07) is 5.63. The minimum Gasteiger partial charge on any atom is -0.456 e. The van der Waals surface area contributed by atoms with Gasteiger partial charge in [0.1, 0.15) is 0 Å². The summed E-state index contributed by atoms with van der Waals surface area (Å²) in [6.07, 6.45) is 0.404. The monoisotopic (exact) mass is 396 g/mol. The fraction of sp³-hybridized carbons (Fsp3) is 0.500. The van der Waals surface area contributed by atoms with Crippen LogP contribution in [-0.2, 0) is 29.0 Å². The van der Waals surface area contributed by atoms with E-state index in [0.29, 0.717) is 12.1 Å². The number of sulfone groups is 1. The van der Waals surface area contributed by atoms with Crippen LogP contribution in [0.25, 0.3) is 0 Å². The summed E-state index contributed by atoms with van der Waals surface area (Å²) in [6.45, 7) is 2.99. The van der Waals surface area contributed by atoms with Gasteiger partial charge in [0.05, 0.1) is 18.1 Å². The zero-order valence-electron chi connectivity index (χ0n) is 15.4. The first-order valence-electron chi connectivity index (χ1n) is 8.65. The van der Waals surface area contributed by atoms with Gasteiger partial charge in [-0.15, -0.1) is 0 Å². The Morgan fingerprint density at radius 3 is 2.41 bits per heavy atom. The lowest BCUT2D eigenvalue weighted by molar-refractivity contribution is -0.149. The van der Waals surface area contributed by atoms with Gasteiger partial charge in [-0.05, 0) is 37.3 Å². The number of esters is 1. The number of benzene rings is 1. The third-order valence-electron chi connectivity index (χ3n) is 4.34. The summed E-state index contributed by atoms with van der Waals surface area (Å²) in [5, 5.41) is 5.12. The van der Waals surface area contributed by atoms with Gasteiger partial charge >= 0.3 is 5.97 Å². The van der Waals surface area contributed by atoms with Gasteiger partial charge in [0.25, 0.3) is 5.91 Å². The predicted molar refractivity (Wildman–Crippen MR) is 99.9 cm³/mol. The van der Waals surface area contributed by atoms with Crippen molar-refractivity contribution < 1.29 is 27.5 Å². The number of ether oxygens (including phenoxy) is 1. The van der Waals surface area contributed by atoms with Crippen molar-refractivity contribution in [1.29, 1.82) is 0 Å². The first kappa shape index (κ1) is 20.9. The molecule has 2 N–H and O–H groups in total. The molecule has 9 heteroatoms.